The molecular formula is C11H12N3+. The smallest absolute Gasteiger partial charge is 0.246 e. The molecule has 0 bridgehead atoms. The Labute approximate surface area is 82.8 Å². The number of hydrogen-bond donors (Lipinski definition) is 1. The average Bonchev–Trinajstić information content (AvgIpc) is 2.30. The van der Waals surface area contributed by atoms with Crippen molar-refractivity contribution in [3.63, 3.8) is 0 Å². The molecule has 14 heavy (non-hydrogen) atoms. The van der Waals surface area contributed by atoms with Crippen molar-refractivity contribution in [2.45, 2.75) is 0 Å². The summed E-state index contributed by atoms with van der Waals surface area (Å²) in [5.74, 6) is 6.78. The minimum Gasteiger partial charge on any atom is -0.246 e. The standard InChI is InChI=1S/C11H11N3/c12-14(10-6-2-1-3-7-10)11-8-4-5-9-13-11/h1-9H,12H2/p+1. The number of para-hydroxylation sites is 1. The average molecular weight is 186 g/mol. The molecule has 2 aromatic rings. The molecule has 1 aromatic carbocycles. The molecule has 0 aliphatic rings. The van der Waals surface area contributed by atoms with Crippen LogP contribution in [0.1, 0.15) is 0 Å². The number of hydrogen-bond acceptors (Lipinski definition) is 2. The van der Waals surface area contributed by atoms with Crippen LogP contribution in [-0.2, 0) is 0 Å². The molecule has 2 rings (SSSR count). The van der Waals surface area contributed by atoms with Gasteiger partial charge >= 0.3 is 0 Å². The summed E-state index contributed by atoms with van der Waals surface area (Å²) in [5, 5.41) is 1.61. The van der Waals surface area contributed by atoms with Gasteiger partial charge in [0.1, 0.15) is 5.69 Å². The molecule has 0 spiro atoms. The highest BCUT2D eigenvalue weighted by atomic mass is 15.4. The number of aromatic amines is 1. The van der Waals surface area contributed by atoms with Gasteiger partial charge in [-0.05, 0) is 18.2 Å². The highest BCUT2D eigenvalue weighted by Crippen LogP contribution is 2.15. The lowest BCUT2D eigenvalue weighted by atomic mass is 10.3. The molecule has 3 N–H and O–H groups in total. The molecule has 0 fully saturated rings. The van der Waals surface area contributed by atoms with Crippen LogP contribution < -0.4 is 15.8 Å². The van der Waals surface area contributed by atoms with E-state index in [0.29, 0.717) is 0 Å². The monoisotopic (exact) mass is 186 g/mol. The lowest BCUT2D eigenvalue weighted by molar-refractivity contribution is -0.363. The Hall–Kier alpha value is -1.87. The Morgan fingerprint density at radius 2 is 1.64 bits per heavy atom. The molecule has 0 unspecified atom stereocenters. The largest absolute Gasteiger partial charge is 0.297 e. The van der Waals surface area contributed by atoms with E-state index in [9.17, 15) is 0 Å². The second-order valence-corrected chi connectivity index (χ2v) is 2.95. The van der Waals surface area contributed by atoms with Crippen LogP contribution >= 0.6 is 0 Å². The fourth-order valence-corrected chi connectivity index (χ4v) is 1.26. The maximum absolute atomic E-state index is 5.92. The Morgan fingerprint density at radius 1 is 0.929 bits per heavy atom. The van der Waals surface area contributed by atoms with Crippen LogP contribution in [-0.4, -0.2) is 0 Å². The van der Waals surface area contributed by atoms with Crippen molar-refractivity contribution in [1.82, 2.24) is 0 Å². The Balaban J connectivity index is 2.30. The number of nitrogens with zero attached hydrogens (tertiary/aromatic N) is 1. The van der Waals surface area contributed by atoms with Crippen LogP contribution in [0.2, 0.25) is 0 Å². The van der Waals surface area contributed by atoms with Crippen molar-refractivity contribution in [3.8, 4) is 0 Å². The van der Waals surface area contributed by atoms with E-state index >= 15 is 0 Å². The SMILES string of the molecule is NN(c1ccccc1)c1cccc[nH+]1. The molecule has 0 saturated carbocycles. The maximum atomic E-state index is 5.92. The van der Waals surface area contributed by atoms with E-state index in [4.69, 9.17) is 5.84 Å². The Bertz CT molecular complexity index is 346. The lowest BCUT2D eigenvalue weighted by Gasteiger charge is -2.07. The number of H-pyrrole nitrogens is 1. The number of benzene rings is 1. The highest BCUT2D eigenvalue weighted by molar-refractivity contribution is 5.55. The van der Waals surface area contributed by atoms with E-state index in [2.05, 4.69) is 4.98 Å². The van der Waals surface area contributed by atoms with E-state index < -0.39 is 0 Å². The molecule has 70 valence electrons. The van der Waals surface area contributed by atoms with Gasteiger partial charge in [0.15, 0.2) is 0 Å². The minimum atomic E-state index is 0.860. The van der Waals surface area contributed by atoms with Crippen LogP contribution in [0.5, 0.6) is 0 Å². The zero-order valence-corrected chi connectivity index (χ0v) is 7.72. The topological polar surface area (TPSA) is 43.4 Å². The number of hydrazine groups is 1. The minimum absolute atomic E-state index is 0.860. The number of anilines is 2. The fraction of sp³-hybridized carbons (Fsp3) is 0. The Kier molecular flexibility index (Phi) is 2.42. The molecule has 0 saturated heterocycles. The second kappa shape index (κ2) is 3.89. The van der Waals surface area contributed by atoms with Gasteiger partial charge in [0.25, 0.3) is 5.82 Å². The normalized spacial score (nSPS) is 9.79. The number of pyridine rings is 1. The number of rotatable bonds is 2. The predicted molar refractivity (Wildman–Crippen MR) is 55.8 cm³/mol. The quantitative estimate of drug-likeness (QED) is 0.570. The lowest BCUT2D eigenvalue weighted by Crippen LogP contribution is -2.30. The van der Waals surface area contributed by atoms with Gasteiger partial charge in [0.2, 0.25) is 0 Å². The van der Waals surface area contributed by atoms with Gasteiger partial charge in [-0.25, -0.2) is 4.98 Å². The van der Waals surface area contributed by atoms with Crippen molar-refractivity contribution >= 4 is 11.5 Å². The summed E-state index contributed by atoms with van der Waals surface area (Å²) in [4.78, 5) is 3.07. The molecule has 1 aromatic heterocycles. The first-order chi connectivity index (χ1) is 6.88. The van der Waals surface area contributed by atoms with Gasteiger partial charge in [-0.1, -0.05) is 24.3 Å². The van der Waals surface area contributed by atoms with E-state index in [0.717, 1.165) is 11.5 Å². The molecule has 0 aliphatic heterocycles. The van der Waals surface area contributed by atoms with Gasteiger partial charge in [-0.3, -0.25) is 0 Å². The van der Waals surface area contributed by atoms with E-state index in [-0.39, 0.29) is 0 Å². The highest BCUT2D eigenvalue weighted by Gasteiger charge is 2.11. The van der Waals surface area contributed by atoms with E-state index in [1.165, 1.54) is 0 Å². The van der Waals surface area contributed by atoms with E-state index in [1.54, 1.807) is 5.01 Å². The molecule has 1 heterocycles. The molecule has 0 aliphatic carbocycles. The van der Waals surface area contributed by atoms with Gasteiger partial charge in [0.05, 0.1) is 6.20 Å². The number of nitrogens with two attached hydrogens (primary N) is 1. The summed E-state index contributed by atoms with van der Waals surface area (Å²) >= 11 is 0. The first-order valence-electron chi connectivity index (χ1n) is 4.44. The summed E-state index contributed by atoms with van der Waals surface area (Å²) in [6, 6.07) is 15.6. The van der Waals surface area contributed by atoms with Crippen molar-refractivity contribution in [2.24, 2.45) is 5.84 Å². The van der Waals surface area contributed by atoms with E-state index in [1.807, 2.05) is 54.7 Å². The first-order valence-corrected chi connectivity index (χ1v) is 4.44. The van der Waals surface area contributed by atoms with Crippen molar-refractivity contribution in [3.05, 3.63) is 54.7 Å². The summed E-state index contributed by atoms with van der Waals surface area (Å²) in [7, 11) is 0. The van der Waals surface area contributed by atoms with Crippen LogP contribution in [0.4, 0.5) is 11.5 Å². The van der Waals surface area contributed by atoms with Gasteiger partial charge < -0.3 is 0 Å². The first kappa shape index (κ1) is 8.72. The third-order valence-electron chi connectivity index (χ3n) is 1.99. The summed E-state index contributed by atoms with van der Waals surface area (Å²) in [5.41, 5.74) is 0.954. The third kappa shape index (κ3) is 1.72. The molecule has 0 atom stereocenters. The van der Waals surface area contributed by atoms with Crippen molar-refractivity contribution < 1.29 is 4.98 Å². The second-order valence-electron chi connectivity index (χ2n) is 2.95. The third-order valence-corrected chi connectivity index (χ3v) is 1.99. The maximum Gasteiger partial charge on any atom is 0.297 e. The Morgan fingerprint density at radius 3 is 2.29 bits per heavy atom. The molecule has 3 nitrogen and oxygen atoms in total. The predicted octanol–water partition coefficient (Wildman–Crippen LogP) is 1.51. The number of nitrogens with one attached hydrogen (secondary N) is 1. The van der Waals surface area contributed by atoms with Crippen molar-refractivity contribution in [2.75, 3.05) is 5.01 Å². The molecule has 0 radical (unpaired) electrons. The summed E-state index contributed by atoms with van der Waals surface area (Å²) < 4.78 is 0. The van der Waals surface area contributed by atoms with Gasteiger partial charge in [-0.15, -0.1) is 5.01 Å². The van der Waals surface area contributed by atoms with Crippen LogP contribution in [0, 0.1) is 0 Å². The zero-order chi connectivity index (χ0) is 9.80. The zero-order valence-electron chi connectivity index (χ0n) is 7.72. The summed E-state index contributed by atoms with van der Waals surface area (Å²) in [6.45, 7) is 0. The summed E-state index contributed by atoms with van der Waals surface area (Å²) in [6.07, 6.45) is 1.85. The van der Waals surface area contributed by atoms with Crippen LogP contribution in [0.3, 0.4) is 0 Å². The van der Waals surface area contributed by atoms with Crippen LogP contribution in [0.25, 0.3) is 0 Å². The molecular weight excluding hydrogens is 174 g/mol. The molecule has 3 heteroatoms. The van der Waals surface area contributed by atoms with Gasteiger partial charge in [-0.2, -0.15) is 5.84 Å². The van der Waals surface area contributed by atoms with Gasteiger partial charge in [0, 0.05) is 6.07 Å². The van der Waals surface area contributed by atoms with Crippen molar-refractivity contribution in [1.29, 1.82) is 0 Å². The number of aromatic nitrogens is 1. The fourth-order valence-electron chi connectivity index (χ4n) is 1.26. The molecule has 0 amide bonds. The van der Waals surface area contributed by atoms with Crippen LogP contribution in [0.15, 0.2) is 54.7 Å².